The van der Waals surface area contributed by atoms with Gasteiger partial charge in [-0.25, -0.2) is 9.97 Å². The van der Waals surface area contributed by atoms with Crippen LogP contribution >= 0.6 is 27.5 Å². The molecule has 1 heterocycles. The number of benzene rings is 1. The Balaban J connectivity index is 2.30. The van der Waals surface area contributed by atoms with E-state index < -0.39 is 0 Å². The third-order valence-corrected chi connectivity index (χ3v) is 2.92. The minimum atomic E-state index is 0.418. The fourth-order valence-corrected chi connectivity index (χ4v) is 1.77. The average Bonchev–Trinajstić information content (AvgIpc) is 2.24. The second kappa shape index (κ2) is 4.80. The maximum absolute atomic E-state index is 5.78. The molecule has 0 aliphatic heterocycles. The molecule has 0 aliphatic rings. The van der Waals surface area contributed by atoms with Crippen LogP contribution in [0.5, 0.6) is 0 Å². The smallest absolute Gasteiger partial charge is 0.135 e. The van der Waals surface area contributed by atoms with Crippen molar-refractivity contribution in [1.82, 2.24) is 9.97 Å². The van der Waals surface area contributed by atoms with Gasteiger partial charge >= 0.3 is 0 Å². The van der Waals surface area contributed by atoms with Crippen molar-refractivity contribution < 1.29 is 0 Å². The van der Waals surface area contributed by atoms with Crippen LogP contribution in [0.25, 0.3) is 0 Å². The second-order valence-electron chi connectivity index (χ2n) is 3.33. The summed E-state index contributed by atoms with van der Waals surface area (Å²) in [5.41, 5.74) is 2.13. The van der Waals surface area contributed by atoms with Gasteiger partial charge in [0.1, 0.15) is 17.3 Å². The van der Waals surface area contributed by atoms with Gasteiger partial charge in [-0.2, -0.15) is 0 Å². The summed E-state index contributed by atoms with van der Waals surface area (Å²) in [5.74, 6) is 0.673. The third kappa shape index (κ3) is 2.71. The van der Waals surface area contributed by atoms with Gasteiger partial charge in [0.2, 0.25) is 0 Å². The van der Waals surface area contributed by atoms with Crippen LogP contribution in [0, 0.1) is 6.92 Å². The van der Waals surface area contributed by atoms with E-state index in [0.717, 1.165) is 10.2 Å². The molecule has 0 amide bonds. The van der Waals surface area contributed by atoms with Gasteiger partial charge in [-0.15, -0.1) is 0 Å². The van der Waals surface area contributed by atoms with E-state index in [2.05, 4.69) is 31.2 Å². The van der Waals surface area contributed by atoms with Gasteiger partial charge in [-0.05, 0) is 40.5 Å². The van der Waals surface area contributed by atoms with Crippen molar-refractivity contribution in [3.63, 3.8) is 0 Å². The summed E-state index contributed by atoms with van der Waals surface area (Å²) < 4.78 is 0.979. The molecule has 1 N–H and O–H groups in total. The molecule has 2 aromatic rings. The van der Waals surface area contributed by atoms with Crippen LogP contribution in [-0.4, -0.2) is 9.97 Å². The summed E-state index contributed by atoms with van der Waals surface area (Å²) in [6.45, 7) is 2.03. The van der Waals surface area contributed by atoms with Gasteiger partial charge < -0.3 is 5.32 Å². The molecule has 0 radical (unpaired) electrons. The summed E-state index contributed by atoms with van der Waals surface area (Å²) in [6, 6.07) is 7.72. The standard InChI is InChI=1S/C11H9BrClN3/c1-7-2-3-8(12)9(4-7)16-11-5-10(13)14-6-15-11/h2-6H,1H3,(H,14,15,16). The Hall–Kier alpha value is -1.13. The van der Waals surface area contributed by atoms with Crippen LogP contribution in [0.4, 0.5) is 11.5 Å². The summed E-state index contributed by atoms with van der Waals surface area (Å²) >= 11 is 9.25. The monoisotopic (exact) mass is 297 g/mol. The zero-order valence-electron chi connectivity index (χ0n) is 8.54. The first-order chi connectivity index (χ1) is 7.65. The van der Waals surface area contributed by atoms with Crippen molar-refractivity contribution in [1.29, 1.82) is 0 Å². The first kappa shape index (κ1) is 11.4. The van der Waals surface area contributed by atoms with Gasteiger partial charge in [-0.1, -0.05) is 17.7 Å². The van der Waals surface area contributed by atoms with E-state index in [-0.39, 0.29) is 0 Å². The molecule has 16 heavy (non-hydrogen) atoms. The van der Waals surface area contributed by atoms with E-state index in [1.807, 2.05) is 25.1 Å². The second-order valence-corrected chi connectivity index (χ2v) is 4.58. The van der Waals surface area contributed by atoms with Gasteiger partial charge in [0.25, 0.3) is 0 Å². The average molecular weight is 299 g/mol. The van der Waals surface area contributed by atoms with E-state index in [9.17, 15) is 0 Å². The highest BCUT2D eigenvalue weighted by Crippen LogP contribution is 2.26. The summed E-state index contributed by atoms with van der Waals surface area (Å²) in [6.07, 6.45) is 1.42. The Morgan fingerprint density at radius 3 is 2.81 bits per heavy atom. The molecule has 3 nitrogen and oxygen atoms in total. The lowest BCUT2D eigenvalue weighted by Gasteiger charge is -2.08. The van der Waals surface area contributed by atoms with E-state index in [4.69, 9.17) is 11.6 Å². The fraction of sp³-hybridized carbons (Fsp3) is 0.0909. The zero-order valence-corrected chi connectivity index (χ0v) is 10.9. The molecule has 0 spiro atoms. The molecule has 0 aliphatic carbocycles. The Bertz CT molecular complexity index is 516. The van der Waals surface area contributed by atoms with Gasteiger partial charge in [0.05, 0.1) is 5.69 Å². The van der Waals surface area contributed by atoms with Crippen molar-refractivity contribution >= 4 is 39.0 Å². The number of nitrogens with one attached hydrogen (secondary N) is 1. The summed E-state index contributed by atoms with van der Waals surface area (Å²) in [4.78, 5) is 7.90. The first-order valence-corrected chi connectivity index (χ1v) is 5.83. The van der Waals surface area contributed by atoms with Crippen LogP contribution in [0.2, 0.25) is 5.15 Å². The number of hydrogen-bond acceptors (Lipinski definition) is 3. The van der Waals surface area contributed by atoms with E-state index in [0.29, 0.717) is 11.0 Å². The van der Waals surface area contributed by atoms with Gasteiger partial charge in [0, 0.05) is 10.5 Å². The van der Waals surface area contributed by atoms with Crippen molar-refractivity contribution in [3.8, 4) is 0 Å². The molecule has 0 saturated carbocycles. The number of halogens is 2. The quantitative estimate of drug-likeness (QED) is 0.853. The fourth-order valence-electron chi connectivity index (χ4n) is 1.27. The minimum absolute atomic E-state index is 0.418. The Morgan fingerprint density at radius 1 is 1.25 bits per heavy atom. The number of hydrogen-bond donors (Lipinski definition) is 1. The predicted octanol–water partition coefficient (Wildman–Crippen LogP) is 3.94. The highest BCUT2D eigenvalue weighted by molar-refractivity contribution is 9.10. The van der Waals surface area contributed by atoms with Crippen molar-refractivity contribution in [2.75, 3.05) is 5.32 Å². The van der Waals surface area contributed by atoms with E-state index in [1.54, 1.807) is 6.07 Å². The summed E-state index contributed by atoms with van der Waals surface area (Å²) in [5, 5.41) is 3.59. The van der Waals surface area contributed by atoms with Crippen molar-refractivity contribution in [2.24, 2.45) is 0 Å². The first-order valence-electron chi connectivity index (χ1n) is 4.66. The molecule has 1 aromatic carbocycles. The Kier molecular flexibility index (Phi) is 3.41. The lowest BCUT2D eigenvalue weighted by molar-refractivity contribution is 1.17. The number of nitrogens with zero attached hydrogens (tertiary/aromatic N) is 2. The minimum Gasteiger partial charge on any atom is -0.339 e. The zero-order chi connectivity index (χ0) is 11.5. The predicted molar refractivity (Wildman–Crippen MR) is 69.2 cm³/mol. The molecule has 82 valence electrons. The summed E-state index contributed by atoms with van der Waals surface area (Å²) in [7, 11) is 0. The van der Waals surface area contributed by atoms with Gasteiger partial charge in [0.15, 0.2) is 0 Å². The van der Waals surface area contributed by atoms with Crippen LogP contribution < -0.4 is 5.32 Å². The number of aryl methyl sites for hydroxylation is 1. The number of rotatable bonds is 2. The molecular weight excluding hydrogens is 289 g/mol. The van der Waals surface area contributed by atoms with Crippen LogP contribution in [0.1, 0.15) is 5.56 Å². The lowest BCUT2D eigenvalue weighted by atomic mass is 10.2. The largest absolute Gasteiger partial charge is 0.339 e. The van der Waals surface area contributed by atoms with E-state index in [1.165, 1.54) is 11.9 Å². The van der Waals surface area contributed by atoms with Crippen molar-refractivity contribution in [3.05, 3.63) is 45.8 Å². The number of aromatic nitrogens is 2. The van der Waals surface area contributed by atoms with E-state index >= 15 is 0 Å². The Labute approximate surface area is 107 Å². The normalized spacial score (nSPS) is 10.2. The Morgan fingerprint density at radius 2 is 2.06 bits per heavy atom. The highest BCUT2D eigenvalue weighted by atomic mass is 79.9. The van der Waals surface area contributed by atoms with Crippen LogP contribution in [0.3, 0.4) is 0 Å². The molecule has 1 aromatic heterocycles. The lowest BCUT2D eigenvalue weighted by Crippen LogP contribution is -1.95. The maximum Gasteiger partial charge on any atom is 0.135 e. The van der Waals surface area contributed by atoms with Crippen LogP contribution in [-0.2, 0) is 0 Å². The molecular formula is C11H9BrClN3. The highest BCUT2D eigenvalue weighted by Gasteiger charge is 2.02. The topological polar surface area (TPSA) is 37.8 Å². The van der Waals surface area contributed by atoms with Crippen molar-refractivity contribution in [2.45, 2.75) is 6.92 Å². The van der Waals surface area contributed by atoms with Gasteiger partial charge in [-0.3, -0.25) is 0 Å². The number of anilines is 2. The molecule has 0 fully saturated rings. The molecule has 0 saturated heterocycles. The molecule has 0 atom stereocenters. The molecule has 0 unspecified atom stereocenters. The molecule has 2 rings (SSSR count). The molecule has 5 heteroatoms. The molecule has 0 bridgehead atoms. The van der Waals surface area contributed by atoms with Crippen LogP contribution in [0.15, 0.2) is 35.1 Å². The maximum atomic E-state index is 5.78. The SMILES string of the molecule is Cc1ccc(Br)c(Nc2cc(Cl)ncn2)c1. The third-order valence-electron chi connectivity index (χ3n) is 2.02.